The first-order valence-corrected chi connectivity index (χ1v) is 18.5. The number of nitrogens with zero attached hydrogens (tertiary/aromatic N) is 8. The molecule has 0 spiro atoms. The van der Waals surface area contributed by atoms with E-state index in [0.29, 0.717) is 34.2 Å². The van der Waals surface area contributed by atoms with Gasteiger partial charge in [0.15, 0.2) is 17.3 Å². The second kappa shape index (κ2) is 13.0. The van der Waals surface area contributed by atoms with E-state index in [1.54, 1.807) is 23.1 Å². The molecular weight excluding hydrogens is 704 g/mol. The predicted molar refractivity (Wildman–Crippen MR) is 192 cm³/mol. The van der Waals surface area contributed by atoms with Crippen LogP contribution in [0.15, 0.2) is 60.0 Å². The Morgan fingerprint density at radius 2 is 1.83 bits per heavy atom. The van der Waals surface area contributed by atoms with Crippen molar-refractivity contribution in [1.82, 2.24) is 34.7 Å². The summed E-state index contributed by atoms with van der Waals surface area (Å²) < 4.78 is 34.1. The normalized spacial score (nSPS) is 21.6. The molecule has 0 bridgehead atoms. The quantitative estimate of drug-likeness (QED) is 0.133. The molecule has 278 valence electrons. The lowest BCUT2D eigenvalue weighted by Crippen LogP contribution is -2.47. The molecule has 53 heavy (non-hydrogen) atoms. The van der Waals surface area contributed by atoms with Crippen LogP contribution in [0, 0.1) is 16.7 Å². The van der Waals surface area contributed by atoms with Gasteiger partial charge in [-0.2, -0.15) is 33.6 Å². The second-order valence-corrected chi connectivity index (χ2v) is 16.4. The lowest BCUT2D eigenvalue weighted by molar-refractivity contribution is -0.148. The number of amides is 1. The second-order valence-electron chi connectivity index (χ2n) is 16.0. The third-order valence-electron chi connectivity index (χ3n) is 11.3. The molecule has 3 saturated carbocycles. The molecule has 3 aliphatic carbocycles. The van der Waals surface area contributed by atoms with Crippen molar-refractivity contribution >= 4 is 29.4 Å². The summed E-state index contributed by atoms with van der Waals surface area (Å²) in [5, 5.41) is 12.9. The Balaban J connectivity index is 1.18. The van der Waals surface area contributed by atoms with E-state index in [1.807, 2.05) is 31.2 Å². The molecule has 0 saturated heterocycles. The van der Waals surface area contributed by atoms with E-state index < -0.39 is 24.1 Å². The van der Waals surface area contributed by atoms with E-state index in [0.717, 1.165) is 56.1 Å². The zero-order valence-corrected chi connectivity index (χ0v) is 30.6. The Hall–Kier alpha value is -4.72. The Kier molecular flexibility index (Phi) is 8.66. The van der Waals surface area contributed by atoms with Crippen molar-refractivity contribution in [2.75, 3.05) is 6.61 Å². The minimum absolute atomic E-state index is 0.0412. The van der Waals surface area contributed by atoms with Gasteiger partial charge in [-0.25, -0.2) is 9.98 Å². The van der Waals surface area contributed by atoms with Gasteiger partial charge in [0.2, 0.25) is 0 Å². The van der Waals surface area contributed by atoms with Gasteiger partial charge in [-0.15, -0.1) is 0 Å². The lowest BCUT2D eigenvalue weighted by atomic mass is 9.72. The van der Waals surface area contributed by atoms with Gasteiger partial charge in [0, 0.05) is 11.1 Å². The van der Waals surface area contributed by atoms with Gasteiger partial charge in [-0.1, -0.05) is 62.7 Å². The molecule has 4 aromatic rings. The first-order chi connectivity index (χ1) is 25.3. The molecule has 3 fully saturated rings. The van der Waals surface area contributed by atoms with Crippen molar-refractivity contribution in [3.63, 3.8) is 0 Å². The van der Waals surface area contributed by atoms with Crippen LogP contribution in [-0.2, 0) is 19.9 Å². The molecule has 0 radical (unpaired) electrons. The number of aliphatic imine (C=N–C) groups is 1. The van der Waals surface area contributed by atoms with Crippen LogP contribution < -0.4 is 5.73 Å². The summed E-state index contributed by atoms with van der Waals surface area (Å²) in [6.07, 6.45) is 9.50. The minimum atomic E-state index is -2.97. The smallest absolute Gasteiger partial charge is 0.335 e. The number of nitrogens with two attached hydrogens (primary N) is 1. The van der Waals surface area contributed by atoms with Crippen LogP contribution in [-0.4, -0.2) is 59.1 Å². The number of hydrogen-bond donors (Lipinski definition) is 1. The number of guanidine groups is 1. The van der Waals surface area contributed by atoms with Crippen molar-refractivity contribution in [1.29, 1.82) is 0 Å². The summed E-state index contributed by atoms with van der Waals surface area (Å²) in [5.74, 6) is -0.560. The predicted octanol–water partition coefficient (Wildman–Crippen LogP) is 7.24. The van der Waals surface area contributed by atoms with Crippen molar-refractivity contribution in [2.24, 2.45) is 27.5 Å². The summed E-state index contributed by atoms with van der Waals surface area (Å²) in [7, 11) is 0. The molecule has 0 unspecified atom stereocenters. The van der Waals surface area contributed by atoms with Gasteiger partial charge in [-0.3, -0.25) is 14.5 Å². The highest BCUT2D eigenvalue weighted by Gasteiger charge is 2.56. The maximum Gasteiger partial charge on any atom is 0.335 e. The Labute approximate surface area is 310 Å². The minimum Gasteiger partial charge on any atom is -0.463 e. The molecule has 2 aromatic carbocycles. The van der Waals surface area contributed by atoms with E-state index in [2.05, 4.69) is 34.1 Å². The summed E-state index contributed by atoms with van der Waals surface area (Å²) in [6.45, 7) is 3.11. The van der Waals surface area contributed by atoms with E-state index in [-0.39, 0.29) is 52.1 Å². The molecule has 12 nitrogen and oxygen atoms in total. The molecule has 1 aliphatic heterocycles. The van der Waals surface area contributed by atoms with Gasteiger partial charge < -0.3 is 10.5 Å². The first-order valence-electron chi connectivity index (χ1n) is 18.1. The highest BCUT2D eigenvalue weighted by molar-refractivity contribution is 6.33. The summed E-state index contributed by atoms with van der Waals surface area (Å²) >= 11 is 6.55. The van der Waals surface area contributed by atoms with E-state index in [9.17, 15) is 13.6 Å². The fraction of sp³-hybridized carbons (Fsp3) is 0.500. The number of rotatable bonds is 14. The average molecular weight is 746 g/mol. The van der Waals surface area contributed by atoms with E-state index >= 15 is 4.79 Å². The fourth-order valence-electron chi connectivity index (χ4n) is 7.57. The molecular formula is C38H42ClF2N9O3. The topological polar surface area (TPSA) is 146 Å². The zero-order chi connectivity index (χ0) is 37.3. The number of hydrogen-bond acceptors (Lipinski definition) is 9. The Morgan fingerprint density at radius 3 is 2.49 bits per heavy atom. The van der Waals surface area contributed by atoms with Crippen molar-refractivity contribution in [3.05, 3.63) is 71.1 Å². The van der Waals surface area contributed by atoms with E-state index in [4.69, 9.17) is 27.1 Å². The summed E-state index contributed by atoms with van der Waals surface area (Å²) in [6, 6.07) is 11.8. The van der Waals surface area contributed by atoms with Gasteiger partial charge in [0.1, 0.15) is 18.6 Å². The number of aromatic nitrogens is 6. The van der Waals surface area contributed by atoms with Gasteiger partial charge >= 0.3 is 12.5 Å². The molecule has 15 heteroatoms. The first kappa shape index (κ1) is 35.3. The monoisotopic (exact) mass is 745 g/mol. The van der Waals surface area contributed by atoms with Crippen molar-refractivity contribution in [2.45, 2.75) is 96.3 Å². The molecule has 8 rings (SSSR count). The van der Waals surface area contributed by atoms with Crippen LogP contribution in [0.3, 0.4) is 0 Å². The molecule has 2 aromatic heterocycles. The Morgan fingerprint density at radius 1 is 1.09 bits per heavy atom. The third kappa shape index (κ3) is 6.81. The van der Waals surface area contributed by atoms with Crippen LogP contribution in [0.25, 0.3) is 22.6 Å². The highest BCUT2D eigenvalue weighted by atomic mass is 35.5. The van der Waals surface area contributed by atoms with Crippen LogP contribution in [0.5, 0.6) is 0 Å². The van der Waals surface area contributed by atoms with Crippen molar-refractivity contribution < 1.29 is 23.1 Å². The van der Waals surface area contributed by atoms with Gasteiger partial charge in [0.05, 0.1) is 29.7 Å². The van der Waals surface area contributed by atoms with Crippen LogP contribution >= 0.6 is 11.6 Å². The standard InChI is InChI=1S/C38H42ClF2N9O3/c1-36(2,24-9-10-24)20-38(25-7-4-22(5-8-25)29-18-44-50(47-29)26-11-12-26)33(52)48(35(42)46-38)30(19-53-31(51)17-37(3)14-15-37)23-6-13-28(39)27(16-23)32-43-21-45-49(32)34(40)41/h4-8,13,16,18,21,24,26,30,34H,9-12,14-15,17,19-20H2,1-3H3,(H2,42,46)/t30-,38-/m1/s1. The fourth-order valence-corrected chi connectivity index (χ4v) is 7.77. The number of esters is 1. The number of benzene rings is 2. The van der Waals surface area contributed by atoms with Crippen molar-refractivity contribution in [3.8, 4) is 22.6 Å². The van der Waals surface area contributed by atoms with E-state index in [1.165, 1.54) is 11.0 Å². The SMILES string of the molecule is CC1(CC(=O)OC[C@H](c2ccc(Cl)c(-c3ncnn3C(F)F)c2)N2C(=O)[C@@](CC(C)(C)C3CC3)(c3ccc(-c4cnn(C5CC5)n4)cc3)N=C2N)CC1. The lowest BCUT2D eigenvalue weighted by Gasteiger charge is -2.36. The molecule has 3 heterocycles. The molecule has 2 N–H and O–H groups in total. The van der Waals surface area contributed by atoms with Crippen LogP contribution in [0.4, 0.5) is 8.78 Å². The molecule has 4 aliphatic rings. The number of ether oxygens (including phenoxy) is 1. The van der Waals surface area contributed by atoms with Crippen LogP contribution in [0.1, 0.15) is 102 Å². The largest absolute Gasteiger partial charge is 0.463 e. The maximum atomic E-state index is 15.2. The number of alkyl halides is 2. The average Bonchev–Trinajstić information content (AvgIpc) is 4.09. The Bertz CT molecular complexity index is 2090. The molecule has 2 atom stereocenters. The third-order valence-corrected chi connectivity index (χ3v) is 11.7. The number of carbonyl (C=O) groups excluding carboxylic acids is 2. The molecule has 1 amide bonds. The maximum absolute atomic E-state index is 15.2. The number of halogens is 3. The number of carbonyl (C=O) groups is 2. The highest BCUT2D eigenvalue weighted by Crippen LogP contribution is 2.54. The van der Waals surface area contributed by atoms with Crippen LogP contribution in [0.2, 0.25) is 5.02 Å². The zero-order valence-electron chi connectivity index (χ0n) is 29.9. The van der Waals surface area contributed by atoms with Gasteiger partial charge in [0.25, 0.3) is 5.91 Å². The summed E-state index contributed by atoms with van der Waals surface area (Å²) in [4.78, 5) is 40.5. The van der Waals surface area contributed by atoms with Gasteiger partial charge in [-0.05, 0) is 85.0 Å². The summed E-state index contributed by atoms with van der Waals surface area (Å²) in [5.41, 5.74) is 7.88.